The van der Waals surface area contributed by atoms with Crippen LogP contribution in [0.2, 0.25) is 0 Å². The number of halogens is 2. The smallest absolute Gasteiger partial charge is 0.323 e. The number of aliphatic hydroxyl groups excluding tert-OH is 1. The maximum absolute atomic E-state index is 15.8. The molecule has 0 radical (unpaired) electrons. The summed E-state index contributed by atoms with van der Waals surface area (Å²) < 4.78 is 45.4. The highest BCUT2D eigenvalue weighted by Crippen LogP contribution is 2.49. The lowest BCUT2D eigenvalue weighted by Crippen LogP contribution is -2.40. The Labute approximate surface area is 245 Å². The van der Waals surface area contributed by atoms with Crippen molar-refractivity contribution >= 4 is 53.1 Å². The van der Waals surface area contributed by atoms with Gasteiger partial charge in [0, 0.05) is 0 Å². The number of hydrogen-bond acceptors (Lipinski definition) is 12. The molecule has 0 bridgehead atoms. The van der Waals surface area contributed by atoms with Crippen molar-refractivity contribution in [3.05, 3.63) is 36.7 Å². The molecule has 1 fully saturated rings. The first-order valence-electron chi connectivity index (χ1n) is 12.7. The number of imidazole rings is 1. The van der Waals surface area contributed by atoms with E-state index in [1.807, 2.05) is 0 Å². The van der Waals surface area contributed by atoms with Crippen LogP contribution in [0, 0.1) is 0 Å². The molecule has 4 rings (SSSR count). The number of nitrogens with zero attached hydrogens (tertiary/aromatic N) is 4. The Bertz CT molecular complexity index is 1420. The monoisotopic (exact) mass is 632 g/mol. The number of rotatable bonds is 12. The SMILES string of the molecule is CCOc1nc(N)nc2c1ncn2[C@@H]1O[C@H](CO[P@@](=S)(N[C@H](C)C(=O)OC(C)C)Oc2ccccc2)[C@@H](O)[C@]1(F)Cl. The molecule has 224 valence electrons. The second-order valence-electron chi connectivity index (χ2n) is 9.32. The number of nitrogens with two attached hydrogens (primary N) is 1. The molecule has 0 aliphatic carbocycles. The van der Waals surface area contributed by atoms with Crippen LogP contribution in [-0.4, -0.2) is 73.3 Å². The Balaban J connectivity index is 1.56. The Kier molecular flexibility index (Phi) is 9.69. The van der Waals surface area contributed by atoms with Gasteiger partial charge >= 0.3 is 12.6 Å². The quantitative estimate of drug-likeness (QED) is 0.152. The summed E-state index contributed by atoms with van der Waals surface area (Å²) in [7, 11) is 0. The number of alkyl halides is 2. The lowest BCUT2D eigenvalue weighted by atomic mass is 10.1. The molecule has 1 aliphatic heterocycles. The normalized spacial score (nSPS) is 24.7. The number of anilines is 1. The van der Waals surface area contributed by atoms with Gasteiger partial charge in [-0.25, -0.2) is 14.5 Å². The van der Waals surface area contributed by atoms with Crippen molar-refractivity contribution in [1.82, 2.24) is 24.6 Å². The van der Waals surface area contributed by atoms with Crippen LogP contribution in [0.4, 0.5) is 10.3 Å². The number of benzene rings is 1. The summed E-state index contributed by atoms with van der Waals surface area (Å²) in [6.45, 7) is 3.04. The van der Waals surface area contributed by atoms with E-state index in [-0.39, 0.29) is 35.7 Å². The second kappa shape index (κ2) is 12.7. The van der Waals surface area contributed by atoms with E-state index >= 15 is 4.39 Å². The van der Waals surface area contributed by atoms with Crippen molar-refractivity contribution < 1.29 is 37.5 Å². The van der Waals surface area contributed by atoms with Crippen molar-refractivity contribution in [2.75, 3.05) is 18.9 Å². The molecule has 2 aromatic heterocycles. The number of ether oxygens (including phenoxy) is 3. The van der Waals surface area contributed by atoms with Crippen LogP contribution in [0.25, 0.3) is 11.2 Å². The fourth-order valence-electron chi connectivity index (χ4n) is 3.93. The lowest BCUT2D eigenvalue weighted by Gasteiger charge is -2.28. The Morgan fingerprint density at radius 1 is 1.34 bits per heavy atom. The van der Waals surface area contributed by atoms with Crippen LogP contribution >= 0.6 is 18.2 Å². The molecule has 0 spiro atoms. The van der Waals surface area contributed by atoms with Gasteiger partial charge in [-0.3, -0.25) is 9.36 Å². The topological polar surface area (TPSA) is 165 Å². The van der Waals surface area contributed by atoms with E-state index in [1.165, 1.54) is 10.9 Å². The number of nitrogen functional groups attached to an aromatic ring is 1. The van der Waals surface area contributed by atoms with Crippen molar-refractivity contribution in [3.63, 3.8) is 0 Å². The number of nitrogens with one attached hydrogen (secondary N) is 1. The molecule has 3 aromatic rings. The zero-order chi connectivity index (χ0) is 29.9. The molecule has 1 aromatic carbocycles. The summed E-state index contributed by atoms with van der Waals surface area (Å²) in [6.07, 6.45) is -3.91. The van der Waals surface area contributed by atoms with E-state index in [2.05, 4.69) is 20.0 Å². The molecule has 6 atom stereocenters. The minimum atomic E-state index is -3.50. The number of aromatic nitrogens is 4. The summed E-state index contributed by atoms with van der Waals surface area (Å²) in [5.41, 5.74) is 6.09. The average Bonchev–Trinajstić information content (AvgIpc) is 3.41. The lowest BCUT2D eigenvalue weighted by molar-refractivity contribution is -0.149. The summed E-state index contributed by atoms with van der Waals surface area (Å²) in [5.74, 6) is -0.255. The number of hydrogen-bond donors (Lipinski definition) is 3. The number of fused-ring (bicyclic) bond motifs is 1. The van der Waals surface area contributed by atoms with Crippen LogP contribution in [0.1, 0.15) is 33.9 Å². The fourth-order valence-corrected chi connectivity index (χ4v) is 6.64. The third kappa shape index (κ3) is 7.05. The largest absolute Gasteiger partial charge is 0.476 e. The van der Waals surface area contributed by atoms with Gasteiger partial charge in [-0.2, -0.15) is 9.97 Å². The summed E-state index contributed by atoms with van der Waals surface area (Å²) in [4.78, 5) is 24.8. The Morgan fingerprint density at radius 3 is 2.71 bits per heavy atom. The Hall–Kier alpha value is -2.65. The Morgan fingerprint density at radius 2 is 2.05 bits per heavy atom. The first-order valence-corrected chi connectivity index (χ1v) is 15.7. The number of carbonyl (C=O) groups is 1. The van der Waals surface area contributed by atoms with Crippen molar-refractivity contribution in [1.29, 1.82) is 0 Å². The molecule has 13 nitrogen and oxygen atoms in total. The first-order chi connectivity index (χ1) is 19.3. The average molecular weight is 633 g/mol. The zero-order valence-electron chi connectivity index (χ0n) is 22.6. The molecule has 41 heavy (non-hydrogen) atoms. The first kappa shape index (κ1) is 31.3. The van der Waals surface area contributed by atoms with E-state index in [0.29, 0.717) is 5.75 Å². The molecular weight excluding hydrogens is 602 g/mol. The highest BCUT2D eigenvalue weighted by molar-refractivity contribution is 8.09. The summed E-state index contributed by atoms with van der Waals surface area (Å²) in [5, 5.41) is 10.9. The number of carbonyl (C=O) groups excluding carboxylic acids is 1. The molecule has 4 N–H and O–H groups in total. The number of para-hydroxylation sites is 1. The predicted octanol–water partition coefficient (Wildman–Crippen LogP) is 3.22. The molecule has 0 unspecified atom stereocenters. The van der Waals surface area contributed by atoms with Gasteiger partial charge in [0.25, 0.3) is 5.13 Å². The highest BCUT2D eigenvalue weighted by atomic mass is 35.5. The van der Waals surface area contributed by atoms with E-state index < -0.39 is 48.8 Å². The second-order valence-corrected chi connectivity index (χ2v) is 13.0. The number of aliphatic hydroxyl groups is 1. The van der Waals surface area contributed by atoms with Crippen molar-refractivity contribution in [2.45, 2.75) is 63.4 Å². The zero-order valence-corrected chi connectivity index (χ0v) is 25.1. The van der Waals surface area contributed by atoms with Crippen LogP contribution in [0.5, 0.6) is 11.6 Å². The standard InChI is InChI=1S/C24H31ClFN6O7PS/c1-5-35-20-17-19(29-23(27)30-20)32(12-28-17)22-24(25,26)18(33)16(38-22)11-36-40(41,39-15-9-7-6-8-10-15)31-14(4)21(34)37-13(2)3/h6-10,12-14,16,18,22,33H,5,11H2,1-4H3,(H,31,41)(H2,27,29,30)/t14-,16-,18-,22-,24-,40+/m1/s1. The van der Waals surface area contributed by atoms with E-state index in [1.54, 1.807) is 58.0 Å². The van der Waals surface area contributed by atoms with Crippen molar-refractivity contribution in [3.8, 4) is 11.6 Å². The third-order valence-electron chi connectivity index (χ3n) is 5.75. The molecule has 0 saturated carbocycles. The number of esters is 1. The highest BCUT2D eigenvalue weighted by Gasteiger charge is 2.58. The van der Waals surface area contributed by atoms with Crippen LogP contribution in [0.3, 0.4) is 0 Å². The van der Waals surface area contributed by atoms with Gasteiger partial charge in [-0.15, -0.1) is 0 Å². The van der Waals surface area contributed by atoms with Crippen molar-refractivity contribution in [2.24, 2.45) is 0 Å². The van der Waals surface area contributed by atoms with Crippen LogP contribution < -0.4 is 20.1 Å². The fraction of sp³-hybridized carbons (Fsp3) is 0.500. The molecule has 0 amide bonds. The van der Waals surface area contributed by atoms with Crippen LogP contribution in [0.15, 0.2) is 36.7 Å². The van der Waals surface area contributed by atoms with E-state index in [9.17, 15) is 9.90 Å². The molecule has 17 heteroatoms. The van der Waals surface area contributed by atoms with Gasteiger partial charge in [0.1, 0.15) is 24.0 Å². The predicted molar refractivity (Wildman–Crippen MR) is 152 cm³/mol. The van der Waals surface area contributed by atoms with Gasteiger partial charge < -0.3 is 34.1 Å². The van der Waals surface area contributed by atoms with Crippen LogP contribution in [-0.2, 0) is 30.6 Å². The van der Waals surface area contributed by atoms with E-state index in [4.69, 9.17) is 52.4 Å². The maximum Gasteiger partial charge on any atom is 0.323 e. The third-order valence-corrected chi connectivity index (χ3v) is 8.66. The minimum Gasteiger partial charge on any atom is -0.476 e. The van der Waals surface area contributed by atoms with Gasteiger partial charge in [-0.1, -0.05) is 29.8 Å². The molecular formula is C24H31ClFN6O7PS. The van der Waals surface area contributed by atoms with Gasteiger partial charge in [0.05, 0.1) is 25.6 Å². The minimum absolute atomic E-state index is 0.0825. The van der Waals surface area contributed by atoms with Gasteiger partial charge in [-0.05, 0) is 51.6 Å². The molecule has 1 aliphatic rings. The van der Waals surface area contributed by atoms with Gasteiger partial charge in [0.2, 0.25) is 11.8 Å². The summed E-state index contributed by atoms with van der Waals surface area (Å²) in [6, 6.07) is 7.64. The maximum atomic E-state index is 15.8. The summed E-state index contributed by atoms with van der Waals surface area (Å²) >= 11 is 11.9. The molecule has 1 saturated heterocycles. The van der Waals surface area contributed by atoms with Gasteiger partial charge in [0.15, 0.2) is 17.4 Å². The molecule has 3 heterocycles. The van der Waals surface area contributed by atoms with E-state index in [0.717, 1.165) is 0 Å².